The zero-order valence-electron chi connectivity index (χ0n) is 13.8. The first kappa shape index (κ1) is 16.9. The fourth-order valence-corrected chi connectivity index (χ4v) is 3.45. The minimum Gasteiger partial charge on any atom is -0.263 e. The standard InChI is InChI=1S/C18H16N4O2S/c1-13-16-5-3-4-6-17(16)21-18(20-13)12-22(25(2,23)24)15-9-7-14(11-19)8-10-15/h3-10H,12H2,1-2H3. The molecule has 0 saturated heterocycles. The van der Waals surface area contributed by atoms with Crippen LogP contribution in [0.15, 0.2) is 48.5 Å². The summed E-state index contributed by atoms with van der Waals surface area (Å²) in [5.41, 5.74) is 2.51. The van der Waals surface area contributed by atoms with Crippen LogP contribution in [0.4, 0.5) is 5.69 Å². The van der Waals surface area contributed by atoms with Crippen LogP contribution in [0.2, 0.25) is 0 Å². The first-order valence-corrected chi connectivity index (χ1v) is 9.43. The molecule has 3 rings (SSSR count). The molecule has 0 bridgehead atoms. The molecular formula is C18H16N4O2S. The molecule has 0 aliphatic heterocycles. The number of rotatable bonds is 4. The summed E-state index contributed by atoms with van der Waals surface area (Å²) in [5.74, 6) is 0.422. The van der Waals surface area contributed by atoms with E-state index in [0.717, 1.165) is 22.9 Å². The van der Waals surface area contributed by atoms with Crippen molar-refractivity contribution in [3.8, 4) is 6.07 Å². The highest BCUT2D eigenvalue weighted by Gasteiger charge is 2.20. The van der Waals surface area contributed by atoms with Gasteiger partial charge in [0.1, 0.15) is 5.82 Å². The Kier molecular flexibility index (Phi) is 4.38. The minimum atomic E-state index is -3.53. The molecule has 0 amide bonds. The van der Waals surface area contributed by atoms with Gasteiger partial charge < -0.3 is 0 Å². The number of para-hydroxylation sites is 1. The van der Waals surface area contributed by atoms with Crippen molar-refractivity contribution in [1.82, 2.24) is 9.97 Å². The van der Waals surface area contributed by atoms with Crippen molar-refractivity contribution in [3.63, 3.8) is 0 Å². The number of hydrogen-bond acceptors (Lipinski definition) is 5. The topological polar surface area (TPSA) is 87.0 Å². The van der Waals surface area contributed by atoms with Gasteiger partial charge in [-0.2, -0.15) is 5.26 Å². The highest BCUT2D eigenvalue weighted by Crippen LogP contribution is 2.22. The van der Waals surface area contributed by atoms with Gasteiger partial charge in [-0.3, -0.25) is 4.31 Å². The average Bonchev–Trinajstić information content (AvgIpc) is 2.59. The van der Waals surface area contributed by atoms with E-state index >= 15 is 0 Å². The second-order valence-corrected chi connectivity index (χ2v) is 7.58. The van der Waals surface area contributed by atoms with Crippen molar-refractivity contribution < 1.29 is 8.42 Å². The maximum Gasteiger partial charge on any atom is 0.232 e. The molecule has 25 heavy (non-hydrogen) atoms. The summed E-state index contributed by atoms with van der Waals surface area (Å²) in [6, 6.07) is 16.0. The molecule has 0 unspecified atom stereocenters. The molecule has 126 valence electrons. The van der Waals surface area contributed by atoms with Gasteiger partial charge in [-0.25, -0.2) is 18.4 Å². The highest BCUT2D eigenvalue weighted by atomic mass is 32.2. The summed E-state index contributed by atoms with van der Waals surface area (Å²) >= 11 is 0. The van der Waals surface area contributed by atoms with Crippen LogP contribution in [0.25, 0.3) is 10.9 Å². The minimum absolute atomic E-state index is 0.0242. The molecule has 0 aliphatic rings. The second kappa shape index (κ2) is 6.49. The van der Waals surface area contributed by atoms with Gasteiger partial charge in [0.15, 0.2) is 0 Å². The third-order valence-corrected chi connectivity index (χ3v) is 4.95. The summed E-state index contributed by atoms with van der Waals surface area (Å²) in [6.07, 6.45) is 1.14. The van der Waals surface area contributed by atoms with Crippen LogP contribution in [0.5, 0.6) is 0 Å². The number of nitrogens with zero attached hydrogens (tertiary/aromatic N) is 4. The number of aryl methyl sites for hydroxylation is 1. The van der Waals surface area contributed by atoms with Crippen LogP contribution in [0.1, 0.15) is 17.1 Å². The molecule has 2 aromatic carbocycles. The smallest absolute Gasteiger partial charge is 0.232 e. The number of sulfonamides is 1. The molecule has 3 aromatic rings. The first-order chi connectivity index (χ1) is 11.9. The van der Waals surface area contributed by atoms with Gasteiger partial charge in [-0.1, -0.05) is 18.2 Å². The predicted molar refractivity (Wildman–Crippen MR) is 96.5 cm³/mol. The van der Waals surface area contributed by atoms with E-state index in [9.17, 15) is 8.42 Å². The molecule has 0 saturated carbocycles. The van der Waals surface area contributed by atoms with Crippen LogP contribution in [-0.4, -0.2) is 24.6 Å². The zero-order chi connectivity index (χ0) is 18.0. The number of aromatic nitrogens is 2. The summed E-state index contributed by atoms with van der Waals surface area (Å²) in [6.45, 7) is 1.90. The van der Waals surface area contributed by atoms with Crippen molar-refractivity contribution in [2.24, 2.45) is 0 Å². The lowest BCUT2D eigenvalue weighted by molar-refractivity contribution is 0.595. The van der Waals surface area contributed by atoms with Gasteiger partial charge in [-0.05, 0) is 37.3 Å². The lowest BCUT2D eigenvalue weighted by atomic mass is 10.2. The molecule has 1 aromatic heterocycles. The third kappa shape index (κ3) is 3.59. The number of nitriles is 1. The Morgan fingerprint density at radius 1 is 1.08 bits per heavy atom. The Balaban J connectivity index is 2.03. The number of anilines is 1. The number of benzene rings is 2. The molecule has 7 heteroatoms. The van der Waals surface area contributed by atoms with E-state index in [1.165, 1.54) is 4.31 Å². The number of hydrogen-bond donors (Lipinski definition) is 0. The monoisotopic (exact) mass is 352 g/mol. The fraction of sp³-hybridized carbons (Fsp3) is 0.167. The Hall–Kier alpha value is -2.98. The lowest BCUT2D eigenvalue weighted by Gasteiger charge is -2.22. The molecule has 6 nitrogen and oxygen atoms in total. The van der Waals surface area contributed by atoms with E-state index in [2.05, 4.69) is 9.97 Å². The quantitative estimate of drug-likeness (QED) is 0.720. The molecule has 0 atom stereocenters. The van der Waals surface area contributed by atoms with Gasteiger partial charge in [0.25, 0.3) is 0 Å². The number of fused-ring (bicyclic) bond motifs is 1. The van der Waals surface area contributed by atoms with E-state index in [-0.39, 0.29) is 6.54 Å². The van der Waals surface area contributed by atoms with E-state index in [1.54, 1.807) is 24.3 Å². The Morgan fingerprint density at radius 2 is 1.76 bits per heavy atom. The average molecular weight is 352 g/mol. The maximum atomic E-state index is 12.2. The summed E-state index contributed by atoms with van der Waals surface area (Å²) in [5, 5.41) is 9.83. The first-order valence-electron chi connectivity index (χ1n) is 7.58. The van der Waals surface area contributed by atoms with Crippen molar-refractivity contribution in [3.05, 3.63) is 65.6 Å². The summed E-state index contributed by atoms with van der Waals surface area (Å²) in [7, 11) is -3.53. The van der Waals surface area contributed by atoms with Gasteiger partial charge in [0, 0.05) is 11.1 Å². The summed E-state index contributed by atoms with van der Waals surface area (Å²) < 4.78 is 25.7. The van der Waals surface area contributed by atoms with Crippen LogP contribution < -0.4 is 4.31 Å². The molecular weight excluding hydrogens is 336 g/mol. The normalized spacial score (nSPS) is 11.2. The highest BCUT2D eigenvalue weighted by molar-refractivity contribution is 7.92. The predicted octanol–water partition coefficient (Wildman–Crippen LogP) is 2.78. The third-order valence-electron chi connectivity index (χ3n) is 3.81. The molecule has 0 aliphatic carbocycles. The molecule has 0 fully saturated rings. The van der Waals surface area contributed by atoms with E-state index < -0.39 is 10.0 Å². The summed E-state index contributed by atoms with van der Waals surface area (Å²) in [4.78, 5) is 8.92. The Labute approximate surface area is 146 Å². The lowest BCUT2D eigenvalue weighted by Crippen LogP contribution is -2.30. The van der Waals surface area contributed by atoms with E-state index in [0.29, 0.717) is 17.1 Å². The Bertz CT molecular complexity index is 1070. The van der Waals surface area contributed by atoms with Crippen LogP contribution >= 0.6 is 0 Å². The van der Waals surface area contributed by atoms with Gasteiger partial charge in [0.05, 0.1) is 35.6 Å². The van der Waals surface area contributed by atoms with Crippen molar-refractivity contribution in [2.75, 3.05) is 10.6 Å². The second-order valence-electron chi connectivity index (χ2n) is 5.67. The van der Waals surface area contributed by atoms with Gasteiger partial charge in [-0.15, -0.1) is 0 Å². The maximum absolute atomic E-state index is 12.2. The Morgan fingerprint density at radius 3 is 2.40 bits per heavy atom. The van der Waals surface area contributed by atoms with Crippen LogP contribution in [0.3, 0.4) is 0 Å². The fourth-order valence-electron chi connectivity index (χ4n) is 2.60. The molecule has 0 radical (unpaired) electrons. The largest absolute Gasteiger partial charge is 0.263 e. The SMILES string of the molecule is Cc1nc(CN(c2ccc(C#N)cc2)S(C)(=O)=O)nc2ccccc12. The zero-order valence-corrected chi connectivity index (χ0v) is 14.7. The van der Waals surface area contributed by atoms with E-state index in [1.807, 2.05) is 37.3 Å². The van der Waals surface area contributed by atoms with E-state index in [4.69, 9.17) is 5.26 Å². The molecule has 0 N–H and O–H groups in total. The van der Waals surface area contributed by atoms with Crippen molar-refractivity contribution >= 4 is 26.6 Å². The molecule has 0 spiro atoms. The van der Waals surface area contributed by atoms with Crippen LogP contribution in [0, 0.1) is 18.3 Å². The molecule has 1 heterocycles. The van der Waals surface area contributed by atoms with Gasteiger partial charge >= 0.3 is 0 Å². The van der Waals surface area contributed by atoms with Gasteiger partial charge in [0.2, 0.25) is 10.0 Å². The van der Waals surface area contributed by atoms with Crippen molar-refractivity contribution in [2.45, 2.75) is 13.5 Å². The van der Waals surface area contributed by atoms with Crippen LogP contribution in [-0.2, 0) is 16.6 Å². The van der Waals surface area contributed by atoms with Crippen molar-refractivity contribution in [1.29, 1.82) is 5.26 Å².